The number of amides is 1. The molecule has 0 atom stereocenters. The number of fused-ring (bicyclic) bond motifs is 1. The summed E-state index contributed by atoms with van der Waals surface area (Å²) in [4.78, 5) is 18.7. The van der Waals surface area contributed by atoms with Crippen molar-refractivity contribution in [1.82, 2.24) is 25.0 Å². The molecule has 154 valence electrons. The molecule has 8 nitrogen and oxygen atoms in total. The third kappa shape index (κ3) is 3.44. The number of hydrogen-bond acceptors (Lipinski definition) is 6. The highest BCUT2D eigenvalue weighted by molar-refractivity contribution is 7.20. The van der Waals surface area contributed by atoms with E-state index >= 15 is 0 Å². The van der Waals surface area contributed by atoms with Gasteiger partial charge in [0, 0.05) is 5.39 Å². The number of anilines is 1. The van der Waals surface area contributed by atoms with E-state index in [1.54, 1.807) is 7.11 Å². The van der Waals surface area contributed by atoms with Crippen LogP contribution in [0, 0.1) is 6.92 Å². The van der Waals surface area contributed by atoms with Crippen molar-refractivity contribution in [2.45, 2.75) is 6.92 Å². The highest BCUT2D eigenvalue weighted by Gasteiger charge is 2.19. The Hall–Kier alpha value is -3.98. The second-order valence-electron chi connectivity index (χ2n) is 6.82. The number of carbonyl (C=O) groups excluding carboxylic acids is 1. The molecule has 3 aromatic heterocycles. The first kappa shape index (κ1) is 19.0. The number of benzene rings is 2. The molecule has 5 aromatic rings. The molecule has 31 heavy (non-hydrogen) atoms. The van der Waals surface area contributed by atoms with Crippen molar-refractivity contribution >= 4 is 33.4 Å². The SMILES string of the molecule is COc1ccccc1-c1nc(NC(=O)c2cc3c(C)nn(-c4ccccc4)c3s2)n[nH]1. The molecule has 3 heterocycles. The molecule has 5 rings (SSSR count). The number of hydrogen-bond donors (Lipinski definition) is 2. The third-order valence-electron chi connectivity index (χ3n) is 4.84. The van der Waals surface area contributed by atoms with Crippen LogP contribution in [0.5, 0.6) is 5.75 Å². The van der Waals surface area contributed by atoms with Crippen LogP contribution in [-0.4, -0.2) is 38.0 Å². The van der Waals surface area contributed by atoms with Crippen molar-refractivity contribution in [3.8, 4) is 22.8 Å². The van der Waals surface area contributed by atoms with Gasteiger partial charge in [-0.1, -0.05) is 30.3 Å². The summed E-state index contributed by atoms with van der Waals surface area (Å²) in [5.41, 5.74) is 2.58. The Morgan fingerprint density at radius 1 is 1.13 bits per heavy atom. The van der Waals surface area contributed by atoms with Gasteiger partial charge in [0.25, 0.3) is 5.91 Å². The van der Waals surface area contributed by atoms with E-state index in [2.05, 4.69) is 25.6 Å². The van der Waals surface area contributed by atoms with Crippen LogP contribution in [0.4, 0.5) is 5.95 Å². The van der Waals surface area contributed by atoms with Gasteiger partial charge in [-0.3, -0.25) is 15.2 Å². The molecule has 0 aliphatic carbocycles. The normalized spacial score (nSPS) is 11.0. The molecule has 0 spiro atoms. The minimum atomic E-state index is -0.272. The van der Waals surface area contributed by atoms with Gasteiger partial charge in [-0.2, -0.15) is 10.1 Å². The van der Waals surface area contributed by atoms with Crippen LogP contribution in [0.15, 0.2) is 60.7 Å². The first-order valence-electron chi connectivity index (χ1n) is 9.56. The van der Waals surface area contributed by atoms with Crippen molar-refractivity contribution in [2.75, 3.05) is 12.4 Å². The zero-order valence-corrected chi connectivity index (χ0v) is 17.6. The predicted molar refractivity (Wildman–Crippen MR) is 120 cm³/mol. The molecule has 0 saturated heterocycles. The third-order valence-corrected chi connectivity index (χ3v) is 5.95. The average molecular weight is 430 g/mol. The molecule has 0 bridgehead atoms. The summed E-state index contributed by atoms with van der Waals surface area (Å²) in [5, 5.41) is 15.3. The maximum absolute atomic E-state index is 12.9. The minimum Gasteiger partial charge on any atom is -0.496 e. The molecule has 1 amide bonds. The average Bonchev–Trinajstić information content (AvgIpc) is 3.51. The Kier molecular flexibility index (Phi) is 4.72. The fourth-order valence-electron chi connectivity index (χ4n) is 3.34. The predicted octanol–water partition coefficient (Wildman–Crippen LogP) is 4.44. The molecule has 0 aliphatic rings. The van der Waals surface area contributed by atoms with E-state index in [1.165, 1.54) is 11.3 Å². The van der Waals surface area contributed by atoms with Crippen LogP contribution in [0.25, 0.3) is 27.3 Å². The summed E-state index contributed by atoms with van der Waals surface area (Å²) in [5.74, 6) is 1.11. The first-order chi connectivity index (χ1) is 15.1. The number of H-pyrrole nitrogens is 1. The number of methoxy groups -OCH3 is 1. The van der Waals surface area contributed by atoms with Gasteiger partial charge in [-0.15, -0.1) is 16.4 Å². The van der Waals surface area contributed by atoms with E-state index < -0.39 is 0 Å². The highest BCUT2D eigenvalue weighted by Crippen LogP contribution is 2.31. The fraction of sp³-hybridized carbons (Fsp3) is 0.0909. The monoisotopic (exact) mass is 430 g/mol. The number of para-hydroxylation sites is 2. The van der Waals surface area contributed by atoms with Gasteiger partial charge in [0.05, 0.1) is 28.9 Å². The number of nitrogens with zero attached hydrogens (tertiary/aromatic N) is 4. The molecule has 2 aromatic carbocycles. The summed E-state index contributed by atoms with van der Waals surface area (Å²) < 4.78 is 7.22. The smallest absolute Gasteiger partial charge is 0.268 e. The minimum absolute atomic E-state index is 0.199. The summed E-state index contributed by atoms with van der Waals surface area (Å²) in [6.45, 7) is 1.94. The van der Waals surface area contributed by atoms with Gasteiger partial charge in [-0.25, -0.2) is 4.68 Å². The number of nitrogens with one attached hydrogen (secondary N) is 2. The second-order valence-corrected chi connectivity index (χ2v) is 7.85. The Labute approximate surface area is 181 Å². The fourth-order valence-corrected chi connectivity index (χ4v) is 4.42. The van der Waals surface area contributed by atoms with Gasteiger partial charge in [0.1, 0.15) is 10.6 Å². The molecule has 0 radical (unpaired) electrons. The van der Waals surface area contributed by atoms with E-state index in [1.807, 2.05) is 72.3 Å². The molecule has 0 aliphatic heterocycles. The van der Waals surface area contributed by atoms with Gasteiger partial charge in [0.15, 0.2) is 5.82 Å². The topological polar surface area (TPSA) is 97.7 Å². The zero-order chi connectivity index (χ0) is 21.4. The molecule has 2 N–H and O–H groups in total. The lowest BCUT2D eigenvalue weighted by atomic mass is 10.2. The van der Waals surface area contributed by atoms with E-state index in [0.29, 0.717) is 16.5 Å². The van der Waals surface area contributed by atoms with E-state index in [9.17, 15) is 4.79 Å². The van der Waals surface area contributed by atoms with Crippen LogP contribution in [0.2, 0.25) is 0 Å². The van der Waals surface area contributed by atoms with Crippen molar-refractivity contribution in [3.63, 3.8) is 0 Å². The number of rotatable bonds is 5. The standard InChI is InChI=1S/C22H18N6O2S/c1-13-16-12-18(31-21(16)28(27-13)14-8-4-3-5-9-14)20(29)24-22-23-19(25-26-22)15-10-6-7-11-17(15)30-2/h3-12H,1-2H3,(H2,23,24,25,26,29). The van der Waals surface area contributed by atoms with Crippen LogP contribution in [0.1, 0.15) is 15.4 Å². The number of thiophene rings is 1. The van der Waals surface area contributed by atoms with Crippen LogP contribution in [-0.2, 0) is 0 Å². The summed E-state index contributed by atoms with van der Waals surface area (Å²) in [6, 6.07) is 19.2. The lowest BCUT2D eigenvalue weighted by Gasteiger charge is -2.04. The Bertz CT molecular complexity index is 1390. The number of aromatic amines is 1. The van der Waals surface area contributed by atoms with Crippen molar-refractivity contribution in [3.05, 3.63) is 71.2 Å². The van der Waals surface area contributed by atoms with Gasteiger partial charge in [0.2, 0.25) is 5.95 Å². The molecule has 0 unspecified atom stereocenters. The summed E-state index contributed by atoms with van der Waals surface area (Å²) in [6.07, 6.45) is 0. The molecule has 0 saturated carbocycles. The number of aromatic nitrogens is 5. The van der Waals surface area contributed by atoms with Crippen molar-refractivity contribution in [1.29, 1.82) is 0 Å². The highest BCUT2D eigenvalue weighted by atomic mass is 32.1. The van der Waals surface area contributed by atoms with Crippen LogP contribution < -0.4 is 10.1 Å². The van der Waals surface area contributed by atoms with Gasteiger partial charge < -0.3 is 4.74 Å². The van der Waals surface area contributed by atoms with E-state index in [4.69, 9.17) is 4.74 Å². The Morgan fingerprint density at radius 3 is 2.71 bits per heavy atom. The van der Waals surface area contributed by atoms with Gasteiger partial charge >= 0.3 is 0 Å². The maximum Gasteiger partial charge on any atom is 0.268 e. The van der Waals surface area contributed by atoms with Crippen molar-refractivity contribution < 1.29 is 9.53 Å². The number of ether oxygens (including phenoxy) is 1. The number of carbonyl (C=O) groups is 1. The zero-order valence-electron chi connectivity index (χ0n) is 16.8. The summed E-state index contributed by atoms with van der Waals surface area (Å²) >= 11 is 1.38. The lowest BCUT2D eigenvalue weighted by Crippen LogP contribution is -2.11. The van der Waals surface area contributed by atoms with Crippen molar-refractivity contribution in [2.24, 2.45) is 0 Å². The Morgan fingerprint density at radius 2 is 1.90 bits per heavy atom. The van der Waals surface area contributed by atoms with Crippen LogP contribution >= 0.6 is 11.3 Å². The molecule has 0 fully saturated rings. The summed E-state index contributed by atoms with van der Waals surface area (Å²) in [7, 11) is 1.60. The molecular weight excluding hydrogens is 412 g/mol. The van der Waals surface area contributed by atoms with E-state index in [0.717, 1.165) is 27.2 Å². The maximum atomic E-state index is 12.9. The number of aryl methyl sites for hydroxylation is 1. The quantitative estimate of drug-likeness (QED) is 0.430. The molecular formula is C22H18N6O2S. The Balaban J connectivity index is 1.42. The second kappa shape index (κ2) is 7.69. The largest absolute Gasteiger partial charge is 0.496 e. The first-order valence-corrected chi connectivity index (χ1v) is 10.4. The lowest BCUT2D eigenvalue weighted by molar-refractivity contribution is 0.103. The molecule has 9 heteroatoms. The van der Waals surface area contributed by atoms with Crippen LogP contribution in [0.3, 0.4) is 0 Å². The van der Waals surface area contributed by atoms with Gasteiger partial charge in [-0.05, 0) is 37.3 Å². The van der Waals surface area contributed by atoms with E-state index in [-0.39, 0.29) is 11.9 Å².